The van der Waals surface area contributed by atoms with E-state index in [2.05, 4.69) is 26.0 Å². The van der Waals surface area contributed by atoms with Gasteiger partial charge in [-0.2, -0.15) is 0 Å². The van der Waals surface area contributed by atoms with Crippen LogP contribution in [0.25, 0.3) is 0 Å². The minimum Gasteiger partial charge on any atom is -0.393 e. The fourth-order valence-electron chi connectivity index (χ4n) is 0.948. The molecule has 0 rings (SSSR count). The first kappa shape index (κ1) is 11.7. The zero-order valence-corrected chi connectivity index (χ0v) is 8.59. The van der Waals surface area contributed by atoms with Crippen molar-refractivity contribution in [3.05, 3.63) is 12.2 Å². The molecule has 0 fully saturated rings. The molecule has 0 aromatic rings. The third kappa shape index (κ3) is 6.41. The second-order valence-corrected chi connectivity index (χ2v) is 3.57. The quantitative estimate of drug-likeness (QED) is 0.479. The van der Waals surface area contributed by atoms with Gasteiger partial charge in [-0.25, -0.2) is 0 Å². The molecule has 0 bridgehead atoms. The smallest absolute Gasteiger partial charge is 0.0540 e. The van der Waals surface area contributed by atoms with Crippen molar-refractivity contribution >= 4 is 0 Å². The van der Waals surface area contributed by atoms with Crippen molar-refractivity contribution in [3.8, 4) is 0 Å². The summed E-state index contributed by atoms with van der Waals surface area (Å²) in [6.07, 6.45) is 8.95. The second-order valence-electron chi connectivity index (χ2n) is 3.57. The van der Waals surface area contributed by atoms with Gasteiger partial charge in [-0.15, -0.1) is 0 Å². The fourth-order valence-corrected chi connectivity index (χ4v) is 0.948. The molecule has 0 aliphatic carbocycles. The van der Waals surface area contributed by atoms with E-state index >= 15 is 0 Å². The van der Waals surface area contributed by atoms with Crippen LogP contribution in [-0.4, -0.2) is 11.2 Å². The Morgan fingerprint density at radius 2 is 1.92 bits per heavy atom. The Bertz CT molecular complexity index is 116. The number of hydrogen-bond acceptors (Lipinski definition) is 1. The Kier molecular flexibility index (Phi) is 7.17. The molecule has 1 N–H and O–H groups in total. The topological polar surface area (TPSA) is 20.2 Å². The Balaban J connectivity index is 3.33. The van der Waals surface area contributed by atoms with E-state index in [1.807, 2.05) is 6.92 Å². The van der Waals surface area contributed by atoms with Crippen LogP contribution in [0.3, 0.4) is 0 Å². The van der Waals surface area contributed by atoms with Crippen LogP contribution in [0.1, 0.15) is 46.5 Å². The average Bonchev–Trinajstić information content (AvgIpc) is 2.03. The van der Waals surface area contributed by atoms with Gasteiger partial charge in [0.2, 0.25) is 0 Å². The lowest BCUT2D eigenvalue weighted by Gasteiger charge is -2.10. The Hall–Kier alpha value is -0.300. The van der Waals surface area contributed by atoms with Crippen LogP contribution in [0.2, 0.25) is 0 Å². The number of aliphatic hydroxyl groups is 1. The van der Waals surface area contributed by atoms with E-state index < -0.39 is 0 Å². The molecule has 0 aromatic carbocycles. The summed E-state index contributed by atoms with van der Waals surface area (Å²) in [4.78, 5) is 0. The summed E-state index contributed by atoms with van der Waals surface area (Å²) in [6, 6.07) is 0. The highest BCUT2D eigenvalue weighted by atomic mass is 16.3. The monoisotopic (exact) mass is 170 g/mol. The summed E-state index contributed by atoms with van der Waals surface area (Å²) in [5.74, 6) is 0.392. The first-order valence-corrected chi connectivity index (χ1v) is 5.01. The van der Waals surface area contributed by atoms with Crippen LogP contribution < -0.4 is 0 Å². The van der Waals surface area contributed by atoms with Crippen LogP contribution in [0.5, 0.6) is 0 Å². The summed E-state index contributed by atoms with van der Waals surface area (Å²) < 4.78 is 0. The maximum Gasteiger partial charge on any atom is 0.0540 e. The van der Waals surface area contributed by atoms with Crippen LogP contribution in [0, 0.1) is 5.92 Å². The van der Waals surface area contributed by atoms with Gasteiger partial charge in [-0.1, -0.05) is 38.8 Å². The van der Waals surface area contributed by atoms with Gasteiger partial charge in [-0.05, 0) is 25.7 Å². The highest BCUT2D eigenvalue weighted by Gasteiger charge is 2.04. The number of aliphatic hydroxyl groups excluding tert-OH is 1. The minimum absolute atomic E-state index is 0.180. The third-order valence-electron chi connectivity index (χ3n) is 2.22. The Labute approximate surface area is 76.5 Å². The zero-order chi connectivity index (χ0) is 9.40. The van der Waals surface area contributed by atoms with E-state index in [0.717, 1.165) is 6.42 Å². The van der Waals surface area contributed by atoms with E-state index in [4.69, 9.17) is 0 Å². The largest absolute Gasteiger partial charge is 0.393 e. The molecule has 0 amide bonds. The van der Waals surface area contributed by atoms with Gasteiger partial charge in [0.25, 0.3) is 0 Å². The molecule has 2 atom stereocenters. The molecule has 1 nitrogen and oxygen atoms in total. The third-order valence-corrected chi connectivity index (χ3v) is 2.22. The van der Waals surface area contributed by atoms with Crippen molar-refractivity contribution in [2.24, 2.45) is 5.92 Å². The van der Waals surface area contributed by atoms with E-state index in [1.54, 1.807) is 0 Å². The van der Waals surface area contributed by atoms with Gasteiger partial charge in [0.1, 0.15) is 0 Å². The molecule has 0 heterocycles. The van der Waals surface area contributed by atoms with Gasteiger partial charge in [0, 0.05) is 0 Å². The molecular formula is C11H22O. The molecule has 0 spiro atoms. The molecular weight excluding hydrogens is 148 g/mol. The first-order chi connectivity index (χ1) is 5.68. The summed E-state index contributed by atoms with van der Waals surface area (Å²) in [5, 5.41) is 9.19. The van der Waals surface area contributed by atoms with E-state index in [0.29, 0.717) is 5.92 Å². The fraction of sp³-hybridized carbons (Fsp3) is 0.818. The number of allylic oxidation sites excluding steroid dienone is 2. The predicted molar refractivity (Wildman–Crippen MR) is 54.1 cm³/mol. The summed E-state index contributed by atoms with van der Waals surface area (Å²) >= 11 is 0. The van der Waals surface area contributed by atoms with Crippen LogP contribution in [0.4, 0.5) is 0 Å². The highest BCUT2D eigenvalue weighted by Crippen LogP contribution is 2.08. The van der Waals surface area contributed by atoms with Crippen molar-refractivity contribution in [2.75, 3.05) is 0 Å². The normalized spacial score (nSPS) is 16.7. The number of unbranched alkanes of at least 4 members (excludes halogenated alkanes) is 2. The van der Waals surface area contributed by atoms with Crippen LogP contribution >= 0.6 is 0 Å². The van der Waals surface area contributed by atoms with E-state index in [1.165, 1.54) is 19.3 Å². The lowest BCUT2D eigenvalue weighted by Crippen LogP contribution is -2.11. The van der Waals surface area contributed by atoms with Gasteiger partial charge >= 0.3 is 0 Å². The molecule has 0 saturated heterocycles. The minimum atomic E-state index is -0.180. The Morgan fingerprint density at radius 3 is 2.42 bits per heavy atom. The van der Waals surface area contributed by atoms with Gasteiger partial charge in [0.05, 0.1) is 6.10 Å². The number of hydrogen-bond donors (Lipinski definition) is 1. The van der Waals surface area contributed by atoms with E-state index in [-0.39, 0.29) is 6.10 Å². The van der Waals surface area contributed by atoms with Crippen molar-refractivity contribution < 1.29 is 5.11 Å². The lowest BCUT2D eigenvalue weighted by atomic mass is 10.0. The molecule has 2 unspecified atom stereocenters. The maximum atomic E-state index is 9.19. The molecule has 72 valence electrons. The van der Waals surface area contributed by atoms with Crippen LogP contribution in [0.15, 0.2) is 12.2 Å². The summed E-state index contributed by atoms with van der Waals surface area (Å²) in [7, 11) is 0. The van der Waals surface area contributed by atoms with Gasteiger partial charge < -0.3 is 5.11 Å². The summed E-state index contributed by atoms with van der Waals surface area (Å²) in [5.41, 5.74) is 0. The molecule has 12 heavy (non-hydrogen) atoms. The molecule has 0 aliphatic heterocycles. The standard InChI is InChI=1S/C11H22O/c1-4-5-6-7-8-9-10(2)11(3)12/h7-8,10-12H,4-6,9H2,1-3H3/b8-7+. The van der Waals surface area contributed by atoms with Crippen molar-refractivity contribution in [3.63, 3.8) is 0 Å². The van der Waals surface area contributed by atoms with Gasteiger partial charge in [0.15, 0.2) is 0 Å². The van der Waals surface area contributed by atoms with Crippen LogP contribution in [-0.2, 0) is 0 Å². The van der Waals surface area contributed by atoms with Crippen molar-refractivity contribution in [2.45, 2.75) is 52.6 Å². The predicted octanol–water partition coefficient (Wildman–Crippen LogP) is 3.14. The lowest BCUT2D eigenvalue weighted by molar-refractivity contribution is 0.136. The highest BCUT2D eigenvalue weighted by molar-refractivity contribution is 4.83. The molecule has 1 heteroatoms. The molecule has 0 aliphatic rings. The Morgan fingerprint density at radius 1 is 1.25 bits per heavy atom. The van der Waals surface area contributed by atoms with Crippen molar-refractivity contribution in [1.29, 1.82) is 0 Å². The summed E-state index contributed by atoms with van der Waals surface area (Å²) in [6.45, 7) is 6.13. The average molecular weight is 170 g/mol. The molecule has 0 radical (unpaired) electrons. The van der Waals surface area contributed by atoms with E-state index in [9.17, 15) is 5.11 Å². The molecule has 0 saturated carbocycles. The number of rotatable bonds is 6. The SMILES string of the molecule is CCCC/C=C/CC(C)C(C)O. The van der Waals surface area contributed by atoms with Crippen molar-refractivity contribution in [1.82, 2.24) is 0 Å². The second kappa shape index (κ2) is 7.35. The zero-order valence-electron chi connectivity index (χ0n) is 8.59. The first-order valence-electron chi connectivity index (χ1n) is 5.01. The maximum absolute atomic E-state index is 9.19. The molecule has 0 aromatic heterocycles. The van der Waals surface area contributed by atoms with Gasteiger partial charge in [-0.3, -0.25) is 0 Å².